The van der Waals surface area contributed by atoms with Gasteiger partial charge in [-0.05, 0) is 12.1 Å². The van der Waals surface area contributed by atoms with Gasteiger partial charge in [-0.3, -0.25) is 10.0 Å². The number of halogens is 3. The summed E-state index contributed by atoms with van der Waals surface area (Å²) in [4.78, 5) is 19.1. The van der Waals surface area contributed by atoms with Crippen molar-refractivity contribution in [3.8, 4) is 17.1 Å². The SMILES string of the molecule is COc1c(N)nc(-c2ccc(Cl)c(F)c2F)nc1C(=O)NO. The van der Waals surface area contributed by atoms with Crippen molar-refractivity contribution >= 4 is 23.3 Å². The Morgan fingerprint density at radius 3 is 2.64 bits per heavy atom. The van der Waals surface area contributed by atoms with Crippen LogP contribution in [-0.2, 0) is 0 Å². The molecule has 1 aromatic heterocycles. The number of nitrogen functional groups attached to an aromatic ring is 1. The van der Waals surface area contributed by atoms with Gasteiger partial charge in [0, 0.05) is 0 Å². The van der Waals surface area contributed by atoms with Crippen molar-refractivity contribution in [1.82, 2.24) is 15.4 Å². The van der Waals surface area contributed by atoms with Crippen molar-refractivity contribution < 1.29 is 23.5 Å². The Balaban J connectivity index is 2.70. The second-order valence-electron chi connectivity index (χ2n) is 3.98. The molecule has 0 fully saturated rings. The fourth-order valence-electron chi connectivity index (χ4n) is 1.69. The van der Waals surface area contributed by atoms with Crippen LogP contribution in [0, 0.1) is 11.6 Å². The molecule has 2 aromatic rings. The minimum absolute atomic E-state index is 0.217. The molecule has 4 N–H and O–H groups in total. The molecule has 0 saturated heterocycles. The average Bonchev–Trinajstić information content (AvgIpc) is 2.51. The number of hydroxylamine groups is 1. The van der Waals surface area contributed by atoms with E-state index in [0.717, 1.165) is 12.1 Å². The van der Waals surface area contributed by atoms with Gasteiger partial charge in [0.1, 0.15) is 0 Å². The van der Waals surface area contributed by atoms with Gasteiger partial charge in [0.05, 0.1) is 17.7 Å². The van der Waals surface area contributed by atoms with Crippen molar-refractivity contribution in [2.45, 2.75) is 0 Å². The van der Waals surface area contributed by atoms with Crippen LogP contribution in [0.3, 0.4) is 0 Å². The van der Waals surface area contributed by atoms with Gasteiger partial charge in [-0.15, -0.1) is 0 Å². The molecule has 0 unspecified atom stereocenters. The molecule has 0 saturated carbocycles. The molecule has 1 heterocycles. The normalized spacial score (nSPS) is 10.4. The van der Waals surface area contributed by atoms with Crippen LogP contribution < -0.4 is 16.0 Å². The second kappa shape index (κ2) is 6.08. The van der Waals surface area contributed by atoms with Crippen LogP contribution in [0.15, 0.2) is 12.1 Å². The van der Waals surface area contributed by atoms with Gasteiger partial charge in [-0.2, -0.15) is 0 Å². The third kappa shape index (κ3) is 2.63. The lowest BCUT2D eigenvalue weighted by Crippen LogP contribution is -2.22. The molecule has 0 atom stereocenters. The summed E-state index contributed by atoms with van der Waals surface area (Å²) in [5.41, 5.74) is 6.14. The zero-order valence-corrected chi connectivity index (χ0v) is 11.8. The maximum atomic E-state index is 13.9. The number of methoxy groups -OCH3 is 1. The lowest BCUT2D eigenvalue weighted by atomic mass is 10.2. The predicted molar refractivity (Wildman–Crippen MR) is 72.6 cm³/mol. The number of hydrogen-bond donors (Lipinski definition) is 3. The topological polar surface area (TPSA) is 110 Å². The van der Waals surface area contributed by atoms with E-state index in [1.807, 2.05) is 0 Å². The maximum Gasteiger partial charge on any atom is 0.297 e. The first-order valence-electron chi connectivity index (χ1n) is 5.70. The molecule has 0 radical (unpaired) electrons. The maximum absolute atomic E-state index is 13.9. The molecule has 2 rings (SSSR count). The number of carbonyl (C=O) groups excluding carboxylic acids is 1. The Bertz CT molecular complexity index is 758. The Morgan fingerprint density at radius 2 is 2.05 bits per heavy atom. The molecular weight excluding hydrogens is 322 g/mol. The number of anilines is 1. The number of nitrogens with one attached hydrogen (secondary N) is 1. The molecule has 116 valence electrons. The average molecular weight is 331 g/mol. The molecule has 7 nitrogen and oxygen atoms in total. The van der Waals surface area contributed by atoms with Crippen molar-refractivity contribution in [3.63, 3.8) is 0 Å². The lowest BCUT2D eigenvalue weighted by molar-refractivity contribution is 0.0697. The van der Waals surface area contributed by atoms with Gasteiger partial charge in [0.25, 0.3) is 5.91 Å². The van der Waals surface area contributed by atoms with E-state index in [-0.39, 0.29) is 23.0 Å². The Kier molecular flexibility index (Phi) is 4.38. The van der Waals surface area contributed by atoms with Crippen molar-refractivity contribution in [2.75, 3.05) is 12.8 Å². The van der Waals surface area contributed by atoms with Gasteiger partial charge in [-0.25, -0.2) is 24.2 Å². The van der Waals surface area contributed by atoms with Gasteiger partial charge < -0.3 is 10.5 Å². The van der Waals surface area contributed by atoms with Crippen LogP contribution in [0.2, 0.25) is 5.02 Å². The first-order chi connectivity index (χ1) is 10.4. The Morgan fingerprint density at radius 1 is 1.36 bits per heavy atom. The third-order valence-electron chi connectivity index (χ3n) is 2.69. The molecule has 0 spiro atoms. The molecular formula is C12H9ClF2N4O3. The van der Waals surface area contributed by atoms with Gasteiger partial charge >= 0.3 is 0 Å². The number of hydrogen-bond acceptors (Lipinski definition) is 6. The van der Waals surface area contributed by atoms with Crippen molar-refractivity contribution in [3.05, 3.63) is 34.5 Å². The monoisotopic (exact) mass is 330 g/mol. The summed E-state index contributed by atoms with van der Waals surface area (Å²) in [5, 5.41) is 8.27. The van der Waals surface area contributed by atoms with Crippen LogP contribution in [0.4, 0.5) is 14.6 Å². The fraction of sp³-hybridized carbons (Fsp3) is 0.0833. The molecule has 22 heavy (non-hydrogen) atoms. The number of carbonyl (C=O) groups is 1. The zero-order valence-electron chi connectivity index (χ0n) is 11.0. The molecule has 0 aliphatic heterocycles. The summed E-state index contributed by atoms with van der Waals surface area (Å²) in [6, 6.07) is 2.23. The van der Waals surface area contributed by atoms with E-state index in [0.29, 0.717) is 0 Å². The Labute approximate surface area is 127 Å². The summed E-state index contributed by atoms with van der Waals surface area (Å²) in [7, 11) is 1.20. The van der Waals surface area contributed by atoms with E-state index < -0.39 is 28.3 Å². The van der Waals surface area contributed by atoms with Crippen molar-refractivity contribution in [2.24, 2.45) is 0 Å². The molecule has 0 aliphatic carbocycles. The zero-order chi connectivity index (χ0) is 16.4. The van der Waals surface area contributed by atoms with E-state index in [9.17, 15) is 13.6 Å². The second-order valence-corrected chi connectivity index (χ2v) is 4.39. The van der Waals surface area contributed by atoms with Crippen LogP contribution >= 0.6 is 11.6 Å². The number of rotatable bonds is 3. The molecule has 10 heteroatoms. The Hall–Kier alpha value is -2.52. The van der Waals surface area contributed by atoms with E-state index in [1.165, 1.54) is 12.6 Å². The first-order valence-corrected chi connectivity index (χ1v) is 6.08. The number of benzene rings is 1. The van der Waals surface area contributed by atoms with Crippen LogP contribution in [0.5, 0.6) is 5.75 Å². The summed E-state index contributed by atoms with van der Waals surface area (Å²) < 4.78 is 32.3. The molecule has 1 aromatic carbocycles. The number of nitrogens with two attached hydrogens (primary N) is 1. The van der Waals surface area contributed by atoms with Gasteiger partial charge in [0.15, 0.2) is 34.7 Å². The van der Waals surface area contributed by atoms with E-state index in [2.05, 4.69) is 9.97 Å². The summed E-state index contributed by atoms with van der Waals surface area (Å²) >= 11 is 5.46. The highest BCUT2D eigenvalue weighted by Crippen LogP contribution is 2.30. The van der Waals surface area contributed by atoms with E-state index in [4.69, 9.17) is 27.3 Å². The number of nitrogens with zero attached hydrogens (tertiary/aromatic N) is 2. The first kappa shape index (κ1) is 15.9. The lowest BCUT2D eigenvalue weighted by Gasteiger charge is -2.11. The molecule has 0 aliphatic rings. The van der Waals surface area contributed by atoms with Crippen LogP contribution in [0.25, 0.3) is 11.4 Å². The highest BCUT2D eigenvalue weighted by Gasteiger charge is 2.23. The highest BCUT2D eigenvalue weighted by molar-refractivity contribution is 6.30. The standard InChI is InChI=1S/C12H9ClF2N4O3/c1-22-9-8(12(20)19-21)17-11(18-10(9)16)4-2-3-5(13)7(15)6(4)14/h2-3,21H,1H3,(H,19,20)(H2,16,17,18). The van der Waals surface area contributed by atoms with Gasteiger partial charge in [0.2, 0.25) is 0 Å². The van der Waals surface area contributed by atoms with E-state index >= 15 is 0 Å². The number of ether oxygens (including phenoxy) is 1. The third-order valence-corrected chi connectivity index (χ3v) is 2.98. The quantitative estimate of drug-likeness (QED) is 0.449. The van der Waals surface area contributed by atoms with E-state index in [1.54, 1.807) is 0 Å². The van der Waals surface area contributed by atoms with Crippen LogP contribution in [-0.4, -0.2) is 28.2 Å². The van der Waals surface area contributed by atoms with Crippen molar-refractivity contribution in [1.29, 1.82) is 0 Å². The minimum atomic E-state index is -1.30. The minimum Gasteiger partial charge on any atom is -0.491 e. The predicted octanol–water partition coefficient (Wildman–Crippen LogP) is 1.78. The largest absolute Gasteiger partial charge is 0.491 e. The fourth-order valence-corrected chi connectivity index (χ4v) is 1.84. The smallest absolute Gasteiger partial charge is 0.297 e. The summed E-state index contributed by atoms with van der Waals surface area (Å²) in [6.45, 7) is 0. The molecule has 0 bridgehead atoms. The highest BCUT2D eigenvalue weighted by atomic mass is 35.5. The number of amides is 1. The van der Waals surface area contributed by atoms with Gasteiger partial charge in [-0.1, -0.05) is 11.6 Å². The van der Waals surface area contributed by atoms with Crippen LogP contribution in [0.1, 0.15) is 10.5 Å². The molecule has 1 amide bonds. The number of aromatic nitrogens is 2. The summed E-state index contributed by atoms with van der Waals surface area (Å²) in [5.74, 6) is -4.52. The summed E-state index contributed by atoms with van der Waals surface area (Å²) in [6.07, 6.45) is 0.